The first-order valence-corrected chi connectivity index (χ1v) is 7.69. The van der Waals surface area contributed by atoms with Gasteiger partial charge in [0.15, 0.2) is 6.29 Å². The molecule has 0 spiro atoms. The molecule has 0 fully saturated rings. The van der Waals surface area contributed by atoms with Crippen LogP contribution in [0.25, 0.3) is 0 Å². The van der Waals surface area contributed by atoms with Gasteiger partial charge in [-0.2, -0.15) is 0 Å². The van der Waals surface area contributed by atoms with E-state index in [4.69, 9.17) is 9.47 Å². The lowest BCUT2D eigenvalue weighted by atomic mass is 9.89. The summed E-state index contributed by atoms with van der Waals surface area (Å²) >= 11 is 0. The van der Waals surface area contributed by atoms with Crippen LogP contribution in [0.15, 0.2) is 42.6 Å². The average molecular weight is 315 g/mol. The summed E-state index contributed by atoms with van der Waals surface area (Å²) in [6.07, 6.45) is 0.769. The van der Waals surface area contributed by atoms with Crippen molar-refractivity contribution in [2.75, 3.05) is 0 Å². The summed E-state index contributed by atoms with van der Waals surface area (Å²) in [5, 5.41) is 9.99. The van der Waals surface area contributed by atoms with Crippen molar-refractivity contribution in [3.8, 4) is 5.75 Å². The van der Waals surface area contributed by atoms with E-state index in [2.05, 4.69) is 0 Å². The molecule has 1 aliphatic heterocycles. The molecule has 5 heteroatoms. The van der Waals surface area contributed by atoms with E-state index in [1.165, 1.54) is 4.57 Å². The molecule has 0 aliphatic carbocycles. The van der Waals surface area contributed by atoms with E-state index in [0.29, 0.717) is 12.2 Å². The predicted octanol–water partition coefficient (Wildman–Crippen LogP) is 3.50. The maximum absolute atomic E-state index is 12.4. The zero-order valence-electron chi connectivity index (χ0n) is 13.5. The molecular formula is C18H21NO4. The number of ether oxygens (including phenoxy) is 2. The zero-order valence-corrected chi connectivity index (χ0v) is 13.5. The molecule has 2 aromatic rings. The van der Waals surface area contributed by atoms with Gasteiger partial charge < -0.3 is 14.6 Å². The second-order valence-corrected chi connectivity index (χ2v) is 6.68. The van der Waals surface area contributed by atoms with Gasteiger partial charge in [0.2, 0.25) is 0 Å². The summed E-state index contributed by atoms with van der Waals surface area (Å²) in [5.41, 5.74) is 1.18. The van der Waals surface area contributed by atoms with Gasteiger partial charge in [0.05, 0.1) is 0 Å². The summed E-state index contributed by atoms with van der Waals surface area (Å²) in [7, 11) is 0. The first-order valence-electron chi connectivity index (χ1n) is 7.69. The Balaban J connectivity index is 1.98. The highest BCUT2D eigenvalue weighted by Gasteiger charge is 2.31. The number of para-hydroxylation sites is 1. The SMILES string of the molecule is CC(C)(C)OC(=O)n1cccc1[C@@H]1CC(O)Oc2ccccc21. The topological polar surface area (TPSA) is 60.7 Å². The molecule has 0 saturated carbocycles. The van der Waals surface area contributed by atoms with Crippen LogP contribution in [0.5, 0.6) is 5.75 Å². The normalized spacial score (nSPS) is 20.5. The smallest absolute Gasteiger partial charge is 0.418 e. The second-order valence-electron chi connectivity index (χ2n) is 6.68. The lowest BCUT2D eigenvalue weighted by molar-refractivity contribution is -0.0365. The van der Waals surface area contributed by atoms with Crippen LogP contribution >= 0.6 is 0 Å². The van der Waals surface area contributed by atoms with Gasteiger partial charge in [0.1, 0.15) is 11.4 Å². The maximum Gasteiger partial charge on any atom is 0.418 e. The Labute approximate surface area is 135 Å². The van der Waals surface area contributed by atoms with Gasteiger partial charge in [0, 0.05) is 29.8 Å². The molecule has 0 amide bonds. The number of rotatable bonds is 1. The Hall–Kier alpha value is -2.27. The number of aromatic nitrogens is 1. The standard InChI is InChI=1S/C18H21NO4/c1-18(2,3)23-17(21)19-10-6-8-14(19)13-11-16(20)22-15-9-5-4-7-12(13)15/h4-10,13,16,20H,11H2,1-3H3/t13-,16?/m1/s1. The molecule has 23 heavy (non-hydrogen) atoms. The largest absolute Gasteiger partial charge is 0.465 e. The number of carbonyl (C=O) groups is 1. The summed E-state index contributed by atoms with van der Waals surface area (Å²) in [6, 6.07) is 11.3. The van der Waals surface area contributed by atoms with Crippen LogP contribution in [0.3, 0.4) is 0 Å². The molecule has 2 heterocycles. The molecule has 2 atom stereocenters. The number of fused-ring (bicyclic) bond motifs is 1. The van der Waals surface area contributed by atoms with Gasteiger partial charge >= 0.3 is 6.09 Å². The predicted molar refractivity (Wildman–Crippen MR) is 85.6 cm³/mol. The second kappa shape index (κ2) is 5.74. The van der Waals surface area contributed by atoms with Gasteiger partial charge in [-0.05, 0) is 39.0 Å². The highest BCUT2D eigenvalue weighted by molar-refractivity contribution is 5.72. The van der Waals surface area contributed by atoms with Crippen molar-refractivity contribution >= 4 is 6.09 Å². The van der Waals surface area contributed by atoms with Crippen molar-refractivity contribution in [3.05, 3.63) is 53.9 Å². The number of nitrogens with zero attached hydrogens (tertiary/aromatic N) is 1. The Bertz CT molecular complexity index is 714. The van der Waals surface area contributed by atoms with E-state index >= 15 is 0 Å². The van der Waals surface area contributed by atoms with Gasteiger partial charge in [-0.3, -0.25) is 4.57 Å². The number of aliphatic hydroxyl groups is 1. The molecule has 1 N–H and O–H groups in total. The number of carbonyl (C=O) groups excluding carboxylic acids is 1. The Morgan fingerprint density at radius 1 is 1.26 bits per heavy atom. The fourth-order valence-corrected chi connectivity index (χ4v) is 2.83. The number of benzene rings is 1. The molecule has 1 aliphatic rings. The van der Waals surface area contributed by atoms with Gasteiger partial charge in [-0.15, -0.1) is 0 Å². The van der Waals surface area contributed by atoms with Gasteiger partial charge in [-0.1, -0.05) is 18.2 Å². The van der Waals surface area contributed by atoms with Crippen LogP contribution in [0.2, 0.25) is 0 Å². The molecule has 1 aromatic carbocycles. The van der Waals surface area contributed by atoms with E-state index in [1.807, 2.05) is 57.2 Å². The minimum atomic E-state index is -0.892. The first-order chi connectivity index (χ1) is 10.8. The third-order valence-electron chi connectivity index (χ3n) is 3.72. The van der Waals surface area contributed by atoms with Crippen molar-refractivity contribution in [1.29, 1.82) is 0 Å². The fourth-order valence-electron chi connectivity index (χ4n) is 2.83. The monoisotopic (exact) mass is 315 g/mol. The summed E-state index contributed by atoms with van der Waals surface area (Å²) in [5.74, 6) is 0.519. The van der Waals surface area contributed by atoms with E-state index < -0.39 is 18.0 Å². The minimum absolute atomic E-state index is 0.127. The van der Waals surface area contributed by atoms with Crippen LogP contribution in [0, 0.1) is 0 Å². The Kier molecular flexibility index (Phi) is 3.90. The molecular weight excluding hydrogens is 294 g/mol. The lowest BCUT2D eigenvalue weighted by Crippen LogP contribution is -2.30. The molecule has 0 radical (unpaired) electrons. The summed E-state index contributed by atoms with van der Waals surface area (Å²) in [6.45, 7) is 5.50. The number of hydrogen-bond acceptors (Lipinski definition) is 4. The quantitative estimate of drug-likeness (QED) is 0.875. The van der Waals surface area contributed by atoms with Gasteiger partial charge in [0.25, 0.3) is 0 Å². The van der Waals surface area contributed by atoms with Crippen molar-refractivity contribution in [2.45, 2.75) is 45.0 Å². The van der Waals surface area contributed by atoms with Crippen molar-refractivity contribution in [2.24, 2.45) is 0 Å². The van der Waals surface area contributed by atoms with Crippen LogP contribution in [-0.4, -0.2) is 27.7 Å². The first kappa shape index (κ1) is 15.6. The van der Waals surface area contributed by atoms with Gasteiger partial charge in [-0.25, -0.2) is 4.79 Å². The van der Waals surface area contributed by atoms with Crippen molar-refractivity contribution in [3.63, 3.8) is 0 Å². The fraction of sp³-hybridized carbons (Fsp3) is 0.389. The molecule has 1 unspecified atom stereocenters. The van der Waals surface area contributed by atoms with E-state index in [9.17, 15) is 9.90 Å². The minimum Gasteiger partial charge on any atom is -0.465 e. The zero-order chi connectivity index (χ0) is 16.6. The number of aliphatic hydroxyl groups excluding tert-OH is 1. The molecule has 0 bridgehead atoms. The summed E-state index contributed by atoms with van der Waals surface area (Å²) < 4.78 is 12.4. The Morgan fingerprint density at radius 2 is 2.00 bits per heavy atom. The van der Waals surface area contributed by atoms with Crippen LogP contribution in [-0.2, 0) is 4.74 Å². The van der Waals surface area contributed by atoms with E-state index in [-0.39, 0.29) is 5.92 Å². The lowest BCUT2D eigenvalue weighted by Gasteiger charge is -2.30. The summed E-state index contributed by atoms with van der Waals surface area (Å²) in [4.78, 5) is 12.4. The van der Waals surface area contributed by atoms with E-state index in [0.717, 1.165) is 11.3 Å². The third kappa shape index (κ3) is 3.24. The molecule has 1 aromatic heterocycles. The molecule has 122 valence electrons. The highest BCUT2D eigenvalue weighted by Crippen LogP contribution is 2.39. The molecule has 0 saturated heterocycles. The van der Waals surface area contributed by atoms with Crippen LogP contribution < -0.4 is 4.74 Å². The molecule has 5 nitrogen and oxygen atoms in total. The highest BCUT2D eigenvalue weighted by atomic mass is 16.6. The van der Waals surface area contributed by atoms with E-state index in [1.54, 1.807) is 6.20 Å². The number of hydrogen-bond donors (Lipinski definition) is 1. The third-order valence-corrected chi connectivity index (χ3v) is 3.72. The van der Waals surface area contributed by atoms with Crippen molar-refractivity contribution < 1.29 is 19.4 Å². The van der Waals surface area contributed by atoms with Crippen LogP contribution in [0.4, 0.5) is 4.79 Å². The maximum atomic E-state index is 12.4. The Morgan fingerprint density at radius 3 is 2.74 bits per heavy atom. The molecule has 3 rings (SSSR count). The average Bonchev–Trinajstić information content (AvgIpc) is 2.93. The van der Waals surface area contributed by atoms with Crippen LogP contribution in [0.1, 0.15) is 44.4 Å². The van der Waals surface area contributed by atoms with Crippen molar-refractivity contribution in [1.82, 2.24) is 4.57 Å².